The van der Waals surface area contributed by atoms with Gasteiger partial charge in [0.1, 0.15) is 10.9 Å². The van der Waals surface area contributed by atoms with E-state index in [0.29, 0.717) is 27.5 Å². The average molecular weight is 472 g/mol. The van der Waals surface area contributed by atoms with Crippen molar-refractivity contribution in [1.82, 2.24) is 15.6 Å². The minimum Gasteiger partial charge on any atom is -0.463 e. The van der Waals surface area contributed by atoms with Crippen LogP contribution < -0.4 is 15.4 Å². The molecule has 1 aromatic heterocycles. The van der Waals surface area contributed by atoms with Gasteiger partial charge in [-0.25, -0.2) is 19.4 Å². The fourth-order valence-electron chi connectivity index (χ4n) is 3.25. The first-order valence-corrected chi connectivity index (χ1v) is 10.4. The van der Waals surface area contributed by atoms with Gasteiger partial charge in [0.05, 0.1) is 24.8 Å². The van der Waals surface area contributed by atoms with E-state index >= 15 is 0 Å². The van der Waals surface area contributed by atoms with Gasteiger partial charge in [-0.15, -0.1) is 0 Å². The van der Waals surface area contributed by atoms with Gasteiger partial charge in [0.15, 0.2) is 0 Å². The summed E-state index contributed by atoms with van der Waals surface area (Å²) in [7, 11) is 0. The average Bonchev–Trinajstić information content (AvgIpc) is 2.77. The van der Waals surface area contributed by atoms with Crippen LogP contribution in [-0.2, 0) is 20.9 Å². The highest BCUT2D eigenvalue weighted by atomic mass is 35.5. The van der Waals surface area contributed by atoms with Crippen LogP contribution in [-0.4, -0.2) is 34.7 Å². The zero-order valence-electron chi connectivity index (χ0n) is 17.9. The molecule has 0 spiro atoms. The summed E-state index contributed by atoms with van der Waals surface area (Å²) in [5.74, 6) is -1.10. The van der Waals surface area contributed by atoms with Gasteiger partial charge in [-0.3, -0.25) is 0 Å². The number of hydrogen-bond donors (Lipinski definition) is 3. The lowest BCUT2D eigenvalue weighted by atomic mass is 9.94. The molecule has 0 fully saturated rings. The maximum atomic E-state index is 12.5. The van der Waals surface area contributed by atoms with Crippen LogP contribution in [0, 0.1) is 0 Å². The van der Waals surface area contributed by atoms with Crippen molar-refractivity contribution in [2.45, 2.75) is 26.5 Å². The lowest BCUT2D eigenvalue weighted by Gasteiger charge is -2.28. The Morgan fingerprint density at radius 1 is 1.27 bits per heavy atom. The molecule has 1 aliphatic rings. The smallest absolute Gasteiger partial charge is 0.338 e. The molecule has 1 aromatic carbocycles. The molecule has 0 aliphatic carbocycles. The number of ether oxygens (including phenoxy) is 2. The summed E-state index contributed by atoms with van der Waals surface area (Å²) < 4.78 is 10.5. The van der Waals surface area contributed by atoms with Gasteiger partial charge in [-0.05, 0) is 55.3 Å². The van der Waals surface area contributed by atoms with Crippen molar-refractivity contribution in [3.05, 3.63) is 75.7 Å². The van der Waals surface area contributed by atoms with Crippen LogP contribution in [0.25, 0.3) is 6.08 Å². The molecule has 2 heterocycles. The van der Waals surface area contributed by atoms with Crippen LogP contribution in [0.4, 0.5) is 4.79 Å². The van der Waals surface area contributed by atoms with Crippen molar-refractivity contribution in [3.8, 4) is 5.75 Å². The zero-order valence-corrected chi connectivity index (χ0v) is 18.7. The summed E-state index contributed by atoms with van der Waals surface area (Å²) in [5, 5.41) is 15.4. The Labute approximate surface area is 195 Å². The summed E-state index contributed by atoms with van der Waals surface area (Å²) in [4.78, 5) is 40.6. The van der Waals surface area contributed by atoms with E-state index in [0.717, 1.165) is 0 Å². The van der Waals surface area contributed by atoms with E-state index in [2.05, 4.69) is 15.6 Å². The fraction of sp³-hybridized carbons (Fsp3) is 0.217. The largest absolute Gasteiger partial charge is 0.463 e. The third-order valence-electron chi connectivity index (χ3n) is 4.73. The van der Waals surface area contributed by atoms with E-state index in [4.69, 9.17) is 21.1 Å². The van der Waals surface area contributed by atoms with Crippen molar-refractivity contribution < 1.29 is 29.0 Å². The molecule has 2 aromatic rings. The van der Waals surface area contributed by atoms with Gasteiger partial charge >= 0.3 is 18.0 Å². The molecular weight excluding hydrogens is 450 g/mol. The van der Waals surface area contributed by atoms with Crippen molar-refractivity contribution in [2.75, 3.05) is 6.61 Å². The number of nitrogens with one attached hydrogen (secondary N) is 2. The molecule has 0 saturated heterocycles. The maximum absolute atomic E-state index is 12.5. The molecule has 0 bridgehead atoms. The van der Waals surface area contributed by atoms with Gasteiger partial charge in [-0.1, -0.05) is 17.7 Å². The van der Waals surface area contributed by atoms with Crippen molar-refractivity contribution in [3.63, 3.8) is 0 Å². The van der Waals surface area contributed by atoms with E-state index in [1.54, 1.807) is 38.1 Å². The first-order chi connectivity index (χ1) is 15.8. The Balaban J connectivity index is 1.84. The number of aliphatic hydroxyl groups excluding tert-OH is 1. The number of aromatic nitrogens is 1. The van der Waals surface area contributed by atoms with Gasteiger partial charge in [0, 0.05) is 23.5 Å². The predicted octanol–water partition coefficient (Wildman–Crippen LogP) is 3.04. The Morgan fingerprint density at radius 2 is 2.06 bits per heavy atom. The van der Waals surface area contributed by atoms with Crippen LogP contribution in [0.1, 0.15) is 36.6 Å². The Bertz CT molecular complexity index is 1140. The standard InChI is InChI=1S/C23H22ClN3O6/c1-3-32-22(30)20-13(2)26-23(31)27-21(20)15-5-6-17(16(11-15)12-28)33-19(29)7-4-14-8-9-25-18(24)10-14/h4-11,21,28H,3,12H2,1-2H3,(H2,26,27,31)/b7-4+. The topological polar surface area (TPSA) is 127 Å². The summed E-state index contributed by atoms with van der Waals surface area (Å²) in [6.45, 7) is 3.02. The SMILES string of the molecule is CCOC(=O)C1=C(C)NC(=O)NC1c1ccc(OC(=O)/C=C/c2ccnc(Cl)c2)c(CO)c1. The number of aliphatic hydroxyl groups is 1. The molecule has 1 aliphatic heterocycles. The predicted molar refractivity (Wildman–Crippen MR) is 120 cm³/mol. The zero-order chi connectivity index (χ0) is 24.0. The molecule has 3 rings (SSSR count). The molecule has 1 atom stereocenters. The second kappa shape index (κ2) is 10.8. The van der Waals surface area contributed by atoms with E-state index < -0.39 is 30.6 Å². The highest BCUT2D eigenvalue weighted by Gasteiger charge is 2.32. The van der Waals surface area contributed by atoms with Crippen LogP contribution in [0.2, 0.25) is 5.15 Å². The summed E-state index contributed by atoms with van der Waals surface area (Å²) in [6, 6.07) is 6.62. The monoisotopic (exact) mass is 471 g/mol. The Hall–Kier alpha value is -3.69. The van der Waals surface area contributed by atoms with E-state index in [1.165, 1.54) is 24.4 Å². The number of rotatable bonds is 7. The van der Waals surface area contributed by atoms with Gasteiger partial charge < -0.3 is 25.2 Å². The molecular formula is C23H22ClN3O6. The number of amides is 2. The maximum Gasteiger partial charge on any atom is 0.338 e. The second-order valence-electron chi connectivity index (χ2n) is 6.98. The summed E-state index contributed by atoms with van der Waals surface area (Å²) >= 11 is 5.82. The summed E-state index contributed by atoms with van der Waals surface area (Å²) in [6.07, 6.45) is 4.25. The van der Waals surface area contributed by atoms with Crippen molar-refractivity contribution >= 4 is 35.6 Å². The molecule has 0 radical (unpaired) electrons. The molecule has 10 heteroatoms. The Kier molecular flexibility index (Phi) is 7.81. The molecule has 3 N–H and O–H groups in total. The quantitative estimate of drug-likeness (QED) is 0.245. The highest BCUT2D eigenvalue weighted by molar-refractivity contribution is 6.29. The van der Waals surface area contributed by atoms with Crippen molar-refractivity contribution in [1.29, 1.82) is 0 Å². The van der Waals surface area contributed by atoms with Crippen molar-refractivity contribution in [2.24, 2.45) is 0 Å². The van der Waals surface area contributed by atoms with Gasteiger partial charge in [-0.2, -0.15) is 0 Å². The first kappa shape index (κ1) is 24.0. The summed E-state index contributed by atoms with van der Waals surface area (Å²) in [5.41, 5.74) is 2.08. The third-order valence-corrected chi connectivity index (χ3v) is 4.93. The molecule has 9 nitrogen and oxygen atoms in total. The van der Waals surface area contributed by atoms with E-state index in [9.17, 15) is 19.5 Å². The second-order valence-corrected chi connectivity index (χ2v) is 7.37. The number of pyridine rings is 1. The van der Waals surface area contributed by atoms with E-state index in [-0.39, 0.29) is 17.9 Å². The van der Waals surface area contributed by atoms with E-state index in [1.807, 2.05) is 0 Å². The minimum atomic E-state index is -0.802. The number of hydrogen-bond acceptors (Lipinski definition) is 7. The van der Waals surface area contributed by atoms with Gasteiger partial charge in [0.25, 0.3) is 0 Å². The third kappa shape index (κ3) is 5.97. The number of nitrogens with zero attached hydrogens (tertiary/aromatic N) is 1. The number of urea groups is 1. The highest BCUT2D eigenvalue weighted by Crippen LogP contribution is 2.31. The molecule has 33 heavy (non-hydrogen) atoms. The lowest BCUT2D eigenvalue weighted by Crippen LogP contribution is -2.45. The molecule has 1 unspecified atom stereocenters. The number of esters is 2. The normalized spacial score (nSPS) is 15.8. The fourth-order valence-corrected chi connectivity index (χ4v) is 3.44. The molecule has 2 amide bonds. The lowest BCUT2D eigenvalue weighted by molar-refractivity contribution is -0.139. The molecule has 172 valence electrons. The van der Waals surface area contributed by atoms with Gasteiger partial charge in [0.2, 0.25) is 0 Å². The first-order valence-electron chi connectivity index (χ1n) is 10.0. The number of allylic oxidation sites excluding steroid dienone is 1. The Morgan fingerprint density at radius 3 is 2.76 bits per heavy atom. The number of benzene rings is 1. The van der Waals surface area contributed by atoms with Crippen LogP contribution in [0.3, 0.4) is 0 Å². The number of halogens is 1. The van der Waals surface area contributed by atoms with Crippen LogP contribution in [0.15, 0.2) is 53.9 Å². The number of carbonyl (C=O) groups is 3. The minimum absolute atomic E-state index is 0.141. The van der Waals surface area contributed by atoms with Crippen LogP contribution >= 0.6 is 11.6 Å². The van der Waals surface area contributed by atoms with Crippen LogP contribution in [0.5, 0.6) is 5.75 Å². The number of carbonyl (C=O) groups excluding carboxylic acids is 3. The molecule has 0 saturated carbocycles.